The fourth-order valence-corrected chi connectivity index (χ4v) is 1.87. The van der Waals surface area contributed by atoms with E-state index in [0.29, 0.717) is 13.1 Å². The minimum Gasteiger partial charge on any atom is -0.352 e. The van der Waals surface area contributed by atoms with Gasteiger partial charge in [0.2, 0.25) is 11.8 Å². The number of nitrogens with one attached hydrogen (secondary N) is 2. The molecule has 2 amide bonds. The van der Waals surface area contributed by atoms with Gasteiger partial charge in [-0.05, 0) is 19.9 Å². The number of hydrogen-bond donors (Lipinski definition) is 2. The number of carbonyl (C=O) groups excluding carboxylic acids is 2. The topological polar surface area (TPSA) is 61.4 Å². The van der Waals surface area contributed by atoms with E-state index in [-0.39, 0.29) is 17.9 Å². The van der Waals surface area contributed by atoms with Crippen molar-refractivity contribution in [3.05, 3.63) is 0 Å². The third-order valence-corrected chi connectivity index (χ3v) is 2.51. The first-order valence-corrected chi connectivity index (χ1v) is 5.33. The summed E-state index contributed by atoms with van der Waals surface area (Å²) in [6.07, 6.45) is 1.92. The van der Waals surface area contributed by atoms with E-state index < -0.39 is 0 Å². The smallest absolute Gasteiger partial charge is 0.236 e. The van der Waals surface area contributed by atoms with Gasteiger partial charge in [0.15, 0.2) is 0 Å². The molecule has 0 aromatic carbocycles. The summed E-state index contributed by atoms with van der Waals surface area (Å²) in [5.74, 6) is 0.0791. The second-order valence-electron chi connectivity index (χ2n) is 3.91. The van der Waals surface area contributed by atoms with Crippen LogP contribution >= 0.6 is 0 Å². The Morgan fingerprint density at radius 2 is 2.20 bits per heavy atom. The van der Waals surface area contributed by atoms with Crippen LogP contribution in [0.15, 0.2) is 0 Å². The Kier molecular flexibility index (Phi) is 4.55. The average molecular weight is 213 g/mol. The number of likely N-dealkylation sites (tertiary alicyclic amines) is 1. The first-order chi connectivity index (χ1) is 7.13. The highest BCUT2D eigenvalue weighted by Gasteiger charge is 2.23. The molecule has 0 radical (unpaired) electrons. The van der Waals surface area contributed by atoms with Crippen molar-refractivity contribution in [1.82, 2.24) is 15.5 Å². The molecule has 0 bridgehead atoms. The lowest BCUT2D eigenvalue weighted by molar-refractivity contribution is -0.132. The maximum absolute atomic E-state index is 11.6. The van der Waals surface area contributed by atoms with Crippen LogP contribution in [0.1, 0.15) is 19.8 Å². The maximum Gasteiger partial charge on any atom is 0.236 e. The summed E-state index contributed by atoms with van der Waals surface area (Å²) in [5, 5.41) is 5.70. The van der Waals surface area contributed by atoms with Crippen molar-refractivity contribution in [2.75, 3.05) is 26.7 Å². The monoisotopic (exact) mass is 213 g/mol. The number of piperidine rings is 1. The molecule has 1 atom stereocenters. The highest BCUT2D eigenvalue weighted by atomic mass is 16.2. The third-order valence-electron chi connectivity index (χ3n) is 2.51. The standard InChI is InChI=1S/C10H19N3O2/c1-8(14)12-9-4-3-5-13(7-9)10(15)6-11-2/h9,11H,3-7H2,1-2H3,(H,12,14). The number of amides is 2. The molecule has 0 spiro atoms. The van der Waals surface area contributed by atoms with E-state index in [4.69, 9.17) is 0 Å². The molecule has 0 aromatic heterocycles. The molecule has 1 aliphatic heterocycles. The van der Waals surface area contributed by atoms with Crippen molar-refractivity contribution < 1.29 is 9.59 Å². The van der Waals surface area contributed by atoms with Gasteiger partial charge in [-0.2, -0.15) is 0 Å². The Morgan fingerprint density at radius 1 is 1.47 bits per heavy atom. The summed E-state index contributed by atoms with van der Waals surface area (Å²) in [6.45, 7) is 3.32. The average Bonchev–Trinajstić information content (AvgIpc) is 2.17. The van der Waals surface area contributed by atoms with E-state index in [0.717, 1.165) is 19.4 Å². The number of carbonyl (C=O) groups is 2. The van der Waals surface area contributed by atoms with E-state index in [2.05, 4.69) is 10.6 Å². The second kappa shape index (κ2) is 5.70. The largest absolute Gasteiger partial charge is 0.352 e. The van der Waals surface area contributed by atoms with E-state index >= 15 is 0 Å². The van der Waals surface area contributed by atoms with E-state index in [1.165, 1.54) is 6.92 Å². The van der Waals surface area contributed by atoms with Crippen molar-refractivity contribution in [2.24, 2.45) is 0 Å². The molecule has 0 aliphatic carbocycles. The predicted octanol–water partition coefficient (Wildman–Crippen LogP) is -0.667. The van der Waals surface area contributed by atoms with Crippen LogP contribution in [-0.4, -0.2) is 49.4 Å². The zero-order valence-electron chi connectivity index (χ0n) is 9.38. The Balaban J connectivity index is 2.41. The summed E-state index contributed by atoms with van der Waals surface area (Å²) < 4.78 is 0. The molecule has 1 heterocycles. The van der Waals surface area contributed by atoms with Crippen LogP contribution in [0.2, 0.25) is 0 Å². The van der Waals surface area contributed by atoms with Crippen LogP contribution in [0.3, 0.4) is 0 Å². The van der Waals surface area contributed by atoms with Crippen molar-refractivity contribution in [3.63, 3.8) is 0 Å². The van der Waals surface area contributed by atoms with Gasteiger partial charge in [-0.1, -0.05) is 0 Å². The predicted molar refractivity (Wildman–Crippen MR) is 57.3 cm³/mol. The first kappa shape index (κ1) is 12.0. The molecular weight excluding hydrogens is 194 g/mol. The van der Waals surface area contributed by atoms with Crippen molar-refractivity contribution in [3.8, 4) is 0 Å². The quantitative estimate of drug-likeness (QED) is 0.654. The lowest BCUT2D eigenvalue weighted by Gasteiger charge is -2.33. The first-order valence-electron chi connectivity index (χ1n) is 5.33. The SMILES string of the molecule is CNCC(=O)N1CCCC(NC(C)=O)C1. The maximum atomic E-state index is 11.6. The molecule has 1 aliphatic rings. The zero-order chi connectivity index (χ0) is 11.3. The fourth-order valence-electron chi connectivity index (χ4n) is 1.87. The Labute approximate surface area is 90.2 Å². The van der Waals surface area contributed by atoms with Crippen molar-refractivity contribution >= 4 is 11.8 Å². The summed E-state index contributed by atoms with van der Waals surface area (Å²) in [4.78, 5) is 24.3. The van der Waals surface area contributed by atoms with Gasteiger partial charge in [-0.3, -0.25) is 9.59 Å². The van der Waals surface area contributed by atoms with Crippen LogP contribution < -0.4 is 10.6 Å². The molecule has 1 unspecified atom stereocenters. The normalized spacial score (nSPS) is 21.2. The van der Waals surface area contributed by atoms with Gasteiger partial charge in [0.05, 0.1) is 6.54 Å². The number of likely N-dealkylation sites (N-methyl/N-ethyl adjacent to an activating group) is 1. The van der Waals surface area contributed by atoms with Gasteiger partial charge in [0.25, 0.3) is 0 Å². The lowest BCUT2D eigenvalue weighted by Crippen LogP contribution is -2.50. The molecule has 86 valence electrons. The molecule has 15 heavy (non-hydrogen) atoms. The lowest BCUT2D eigenvalue weighted by atomic mass is 10.1. The molecule has 1 rings (SSSR count). The van der Waals surface area contributed by atoms with Gasteiger partial charge in [-0.15, -0.1) is 0 Å². The number of nitrogens with zero attached hydrogens (tertiary/aromatic N) is 1. The Hall–Kier alpha value is -1.10. The van der Waals surface area contributed by atoms with E-state index in [1.54, 1.807) is 11.9 Å². The molecule has 5 nitrogen and oxygen atoms in total. The molecule has 0 aromatic rings. The summed E-state index contributed by atoms with van der Waals surface area (Å²) in [7, 11) is 1.76. The summed E-state index contributed by atoms with van der Waals surface area (Å²) in [5.41, 5.74) is 0. The van der Waals surface area contributed by atoms with Crippen LogP contribution in [0.4, 0.5) is 0 Å². The minimum absolute atomic E-state index is 0.0251. The third kappa shape index (κ3) is 3.87. The van der Waals surface area contributed by atoms with E-state index in [1.807, 2.05) is 0 Å². The Morgan fingerprint density at radius 3 is 2.80 bits per heavy atom. The van der Waals surface area contributed by atoms with Crippen LogP contribution in [0.5, 0.6) is 0 Å². The van der Waals surface area contributed by atoms with Gasteiger partial charge in [0, 0.05) is 26.1 Å². The summed E-state index contributed by atoms with van der Waals surface area (Å²) in [6, 6.07) is 0.122. The van der Waals surface area contributed by atoms with Crippen LogP contribution in [-0.2, 0) is 9.59 Å². The van der Waals surface area contributed by atoms with Gasteiger partial charge in [-0.25, -0.2) is 0 Å². The molecule has 0 saturated carbocycles. The molecule has 5 heteroatoms. The van der Waals surface area contributed by atoms with Gasteiger partial charge >= 0.3 is 0 Å². The zero-order valence-corrected chi connectivity index (χ0v) is 9.38. The van der Waals surface area contributed by atoms with E-state index in [9.17, 15) is 9.59 Å². The highest BCUT2D eigenvalue weighted by molar-refractivity contribution is 5.78. The number of rotatable bonds is 3. The fraction of sp³-hybridized carbons (Fsp3) is 0.800. The molecule has 1 fully saturated rings. The molecule has 2 N–H and O–H groups in total. The Bertz CT molecular complexity index is 243. The van der Waals surface area contributed by atoms with Gasteiger partial charge < -0.3 is 15.5 Å². The van der Waals surface area contributed by atoms with Gasteiger partial charge in [0.1, 0.15) is 0 Å². The minimum atomic E-state index is -0.0251. The van der Waals surface area contributed by atoms with Crippen LogP contribution in [0.25, 0.3) is 0 Å². The summed E-state index contributed by atoms with van der Waals surface area (Å²) >= 11 is 0. The molecular formula is C10H19N3O2. The molecule has 1 saturated heterocycles. The number of hydrogen-bond acceptors (Lipinski definition) is 3. The van der Waals surface area contributed by atoms with Crippen molar-refractivity contribution in [1.29, 1.82) is 0 Å². The second-order valence-corrected chi connectivity index (χ2v) is 3.91. The van der Waals surface area contributed by atoms with Crippen molar-refractivity contribution in [2.45, 2.75) is 25.8 Å². The van der Waals surface area contributed by atoms with Crippen LogP contribution in [0, 0.1) is 0 Å². The highest BCUT2D eigenvalue weighted by Crippen LogP contribution is 2.09.